The third-order valence-electron chi connectivity index (χ3n) is 1.79. The van der Waals surface area contributed by atoms with E-state index in [9.17, 15) is 4.79 Å². The molecule has 76 valence electrons. The molecule has 1 unspecified atom stereocenters. The van der Waals surface area contributed by atoms with Gasteiger partial charge in [-0.15, -0.1) is 0 Å². The Labute approximate surface area is 88.7 Å². The van der Waals surface area contributed by atoms with E-state index in [1.54, 1.807) is 0 Å². The molecule has 0 fully saturated rings. The highest BCUT2D eigenvalue weighted by molar-refractivity contribution is 7.80. The molecule has 1 aromatic carbocycles. The second-order valence-electron chi connectivity index (χ2n) is 2.93. The minimum Gasteiger partial charge on any atom is -0.445 e. The van der Waals surface area contributed by atoms with Crippen LogP contribution in [0.25, 0.3) is 0 Å². The van der Waals surface area contributed by atoms with Gasteiger partial charge in [0.2, 0.25) is 0 Å². The summed E-state index contributed by atoms with van der Waals surface area (Å²) in [6, 6.07) is 9.76. The maximum absolute atomic E-state index is 10.5. The molecule has 14 heavy (non-hydrogen) atoms. The minimum atomic E-state index is -0.750. The Kier molecular flexibility index (Phi) is 4.32. The highest BCUT2D eigenvalue weighted by atomic mass is 32.1. The van der Waals surface area contributed by atoms with Crippen molar-refractivity contribution in [3.05, 3.63) is 35.9 Å². The first-order chi connectivity index (χ1) is 6.72. The summed E-state index contributed by atoms with van der Waals surface area (Å²) in [5, 5.41) is 0. The zero-order valence-corrected chi connectivity index (χ0v) is 8.61. The molecule has 0 bridgehead atoms. The number of ether oxygens (including phenoxy) is 1. The largest absolute Gasteiger partial charge is 0.445 e. The number of benzene rings is 1. The lowest BCUT2D eigenvalue weighted by Gasteiger charge is -2.13. The summed E-state index contributed by atoms with van der Waals surface area (Å²) in [5.41, 5.74) is 6.03. The molecule has 0 aliphatic carbocycles. The van der Waals surface area contributed by atoms with E-state index >= 15 is 0 Å². The van der Waals surface area contributed by atoms with Crippen LogP contribution in [0.1, 0.15) is 5.56 Å². The lowest BCUT2D eigenvalue weighted by Crippen LogP contribution is -2.25. The fraction of sp³-hybridized carbons (Fsp3) is 0.300. The summed E-state index contributed by atoms with van der Waals surface area (Å²) < 4.78 is 4.87. The molecule has 0 heterocycles. The second-order valence-corrected chi connectivity index (χ2v) is 3.30. The number of nitrogens with two attached hydrogens (primary N) is 1. The Bertz CT molecular complexity index is 289. The van der Waals surface area contributed by atoms with Crippen LogP contribution in [0, 0.1) is 0 Å². The van der Waals surface area contributed by atoms with Crippen LogP contribution in [-0.4, -0.2) is 18.0 Å². The molecule has 0 aliphatic rings. The van der Waals surface area contributed by atoms with E-state index in [0.29, 0.717) is 12.2 Å². The van der Waals surface area contributed by atoms with E-state index in [1.807, 2.05) is 30.3 Å². The Morgan fingerprint density at radius 3 is 2.57 bits per heavy atom. The number of thiol groups is 1. The third-order valence-corrected chi connectivity index (χ3v) is 2.20. The van der Waals surface area contributed by atoms with Gasteiger partial charge in [-0.05, 0) is 5.56 Å². The van der Waals surface area contributed by atoms with Gasteiger partial charge in [0.15, 0.2) is 0 Å². The second kappa shape index (κ2) is 5.54. The monoisotopic (exact) mass is 211 g/mol. The third kappa shape index (κ3) is 3.70. The molecular formula is C10H13NO2S. The van der Waals surface area contributed by atoms with Crippen LogP contribution >= 0.6 is 12.6 Å². The van der Waals surface area contributed by atoms with Gasteiger partial charge in [0.25, 0.3) is 0 Å². The first-order valence-corrected chi connectivity index (χ1v) is 4.96. The molecule has 0 aliphatic heterocycles. The van der Waals surface area contributed by atoms with Gasteiger partial charge in [0, 0.05) is 12.2 Å². The molecule has 0 aromatic heterocycles. The number of rotatable bonds is 4. The fourth-order valence-electron chi connectivity index (χ4n) is 1.18. The van der Waals surface area contributed by atoms with Crippen LogP contribution in [0.3, 0.4) is 0 Å². The van der Waals surface area contributed by atoms with E-state index in [0.717, 1.165) is 5.56 Å². The van der Waals surface area contributed by atoms with Gasteiger partial charge in [-0.1, -0.05) is 30.3 Å². The summed E-state index contributed by atoms with van der Waals surface area (Å²) in [7, 11) is 0. The Morgan fingerprint density at radius 2 is 2.07 bits per heavy atom. The zero-order chi connectivity index (χ0) is 10.4. The number of primary amides is 1. The summed E-state index contributed by atoms with van der Waals surface area (Å²) in [6.07, 6.45) is -0.356. The minimum absolute atomic E-state index is 0.252. The van der Waals surface area contributed by atoms with Crippen molar-refractivity contribution in [2.45, 2.75) is 12.5 Å². The summed E-state index contributed by atoms with van der Waals surface area (Å²) in [4.78, 5) is 10.5. The van der Waals surface area contributed by atoms with Gasteiger partial charge >= 0.3 is 6.09 Å². The van der Waals surface area contributed by atoms with Gasteiger partial charge in [-0.25, -0.2) is 4.79 Å². The molecule has 1 rings (SSSR count). The number of carbonyl (C=O) groups excluding carboxylic acids is 1. The van der Waals surface area contributed by atoms with E-state index in [1.165, 1.54) is 0 Å². The Balaban J connectivity index is 2.53. The molecule has 0 saturated carbocycles. The standard InChI is InChI=1S/C10H13NO2S/c11-10(12)13-9(7-14)6-8-4-2-1-3-5-8/h1-5,9,14H,6-7H2,(H2,11,12). The summed E-state index contributed by atoms with van der Waals surface area (Å²) in [5.74, 6) is 0.470. The lowest BCUT2D eigenvalue weighted by molar-refractivity contribution is 0.119. The fourth-order valence-corrected chi connectivity index (χ4v) is 1.39. The highest BCUT2D eigenvalue weighted by Crippen LogP contribution is 2.07. The maximum Gasteiger partial charge on any atom is 0.404 e. The molecule has 0 saturated heterocycles. The number of hydrogen-bond acceptors (Lipinski definition) is 3. The molecule has 1 atom stereocenters. The first-order valence-electron chi connectivity index (χ1n) is 4.33. The van der Waals surface area contributed by atoms with Crippen LogP contribution < -0.4 is 5.73 Å². The Morgan fingerprint density at radius 1 is 1.43 bits per heavy atom. The van der Waals surface area contributed by atoms with E-state index in [4.69, 9.17) is 10.5 Å². The SMILES string of the molecule is NC(=O)OC(CS)Cc1ccccc1. The van der Waals surface area contributed by atoms with Crippen LogP contribution in [0.15, 0.2) is 30.3 Å². The average Bonchev–Trinajstić information content (AvgIpc) is 2.17. The van der Waals surface area contributed by atoms with Gasteiger partial charge < -0.3 is 10.5 Å². The molecule has 0 radical (unpaired) electrons. The van der Waals surface area contributed by atoms with Gasteiger partial charge in [0.05, 0.1) is 0 Å². The highest BCUT2D eigenvalue weighted by Gasteiger charge is 2.10. The molecule has 2 N–H and O–H groups in total. The van der Waals surface area contributed by atoms with Crippen molar-refractivity contribution >= 4 is 18.7 Å². The summed E-state index contributed by atoms with van der Waals surface area (Å²) in [6.45, 7) is 0. The first kappa shape index (κ1) is 10.9. The molecule has 1 amide bonds. The van der Waals surface area contributed by atoms with E-state index < -0.39 is 6.09 Å². The smallest absolute Gasteiger partial charge is 0.404 e. The molecular weight excluding hydrogens is 198 g/mol. The van der Waals surface area contributed by atoms with Crippen molar-refractivity contribution in [2.24, 2.45) is 5.73 Å². The molecule has 0 spiro atoms. The number of carbonyl (C=O) groups is 1. The zero-order valence-electron chi connectivity index (χ0n) is 7.72. The Hall–Kier alpha value is -1.16. The topological polar surface area (TPSA) is 52.3 Å². The predicted molar refractivity (Wildman–Crippen MR) is 58.5 cm³/mol. The maximum atomic E-state index is 10.5. The van der Waals surface area contributed by atoms with E-state index in [2.05, 4.69) is 12.6 Å². The van der Waals surface area contributed by atoms with Crippen LogP contribution in [0.5, 0.6) is 0 Å². The van der Waals surface area contributed by atoms with Crippen molar-refractivity contribution in [1.82, 2.24) is 0 Å². The molecule has 1 aromatic rings. The van der Waals surface area contributed by atoms with Crippen LogP contribution in [0.4, 0.5) is 4.79 Å². The van der Waals surface area contributed by atoms with Crippen LogP contribution in [0.2, 0.25) is 0 Å². The van der Waals surface area contributed by atoms with E-state index in [-0.39, 0.29) is 6.10 Å². The molecule has 3 nitrogen and oxygen atoms in total. The normalized spacial score (nSPS) is 12.1. The number of hydrogen-bond donors (Lipinski definition) is 2. The van der Waals surface area contributed by atoms with Crippen molar-refractivity contribution in [2.75, 3.05) is 5.75 Å². The van der Waals surface area contributed by atoms with Crippen molar-refractivity contribution in [3.8, 4) is 0 Å². The van der Waals surface area contributed by atoms with Crippen molar-refractivity contribution < 1.29 is 9.53 Å². The van der Waals surface area contributed by atoms with Gasteiger partial charge in [-0.3, -0.25) is 0 Å². The quantitative estimate of drug-likeness (QED) is 0.744. The van der Waals surface area contributed by atoms with Crippen LogP contribution in [-0.2, 0) is 11.2 Å². The lowest BCUT2D eigenvalue weighted by atomic mass is 10.1. The average molecular weight is 211 g/mol. The summed E-state index contributed by atoms with van der Waals surface area (Å²) >= 11 is 4.09. The van der Waals surface area contributed by atoms with Gasteiger partial charge in [0.1, 0.15) is 6.10 Å². The number of amides is 1. The molecule has 4 heteroatoms. The van der Waals surface area contributed by atoms with Crippen molar-refractivity contribution in [1.29, 1.82) is 0 Å². The van der Waals surface area contributed by atoms with Gasteiger partial charge in [-0.2, -0.15) is 12.6 Å². The van der Waals surface area contributed by atoms with Crippen molar-refractivity contribution in [3.63, 3.8) is 0 Å². The predicted octanol–water partition coefficient (Wildman–Crippen LogP) is 1.62.